The van der Waals surface area contributed by atoms with Gasteiger partial charge in [0, 0.05) is 30.6 Å². The van der Waals surface area contributed by atoms with Gasteiger partial charge in [0.05, 0.1) is 4.90 Å². The van der Waals surface area contributed by atoms with Crippen molar-refractivity contribution in [2.45, 2.75) is 29.7 Å². The first-order valence-electron chi connectivity index (χ1n) is 9.12. The highest BCUT2D eigenvalue weighted by molar-refractivity contribution is 14.0. The molecule has 1 aliphatic rings. The van der Waals surface area contributed by atoms with Gasteiger partial charge < -0.3 is 10.6 Å². The summed E-state index contributed by atoms with van der Waals surface area (Å²) in [6.45, 7) is 1.33. The monoisotopic (exact) mass is 548 g/mol. The molecule has 158 valence electrons. The molecule has 6 nitrogen and oxygen atoms in total. The van der Waals surface area contributed by atoms with Crippen LogP contribution < -0.4 is 15.4 Å². The minimum Gasteiger partial charge on any atom is -0.356 e. The maximum Gasteiger partial charge on any atom is 0.240 e. The first kappa shape index (κ1) is 23.9. The van der Waals surface area contributed by atoms with E-state index in [2.05, 4.69) is 26.4 Å². The largest absolute Gasteiger partial charge is 0.356 e. The summed E-state index contributed by atoms with van der Waals surface area (Å²) < 4.78 is 25.9. The second kappa shape index (κ2) is 10.1. The Bertz CT molecular complexity index is 961. The topological polar surface area (TPSA) is 82.6 Å². The zero-order chi connectivity index (χ0) is 20.2. The van der Waals surface area contributed by atoms with E-state index < -0.39 is 10.0 Å². The molecule has 0 bridgehead atoms. The van der Waals surface area contributed by atoms with Crippen molar-refractivity contribution in [2.75, 3.05) is 20.6 Å². The van der Waals surface area contributed by atoms with Crippen molar-refractivity contribution in [3.05, 3.63) is 64.7 Å². The number of benzene rings is 2. The van der Waals surface area contributed by atoms with E-state index in [9.17, 15) is 8.42 Å². The van der Waals surface area contributed by atoms with Gasteiger partial charge in [0.25, 0.3) is 0 Å². The number of sulfonamides is 1. The van der Waals surface area contributed by atoms with Crippen LogP contribution in [0, 0.1) is 0 Å². The van der Waals surface area contributed by atoms with Gasteiger partial charge in [-0.1, -0.05) is 35.9 Å². The summed E-state index contributed by atoms with van der Waals surface area (Å²) >= 11 is 6.14. The van der Waals surface area contributed by atoms with E-state index in [1.54, 1.807) is 31.3 Å². The molecule has 0 atom stereocenters. The van der Waals surface area contributed by atoms with Crippen molar-refractivity contribution in [1.29, 1.82) is 0 Å². The van der Waals surface area contributed by atoms with Gasteiger partial charge in [-0.25, -0.2) is 13.1 Å². The van der Waals surface area contributed by atoms with E-state index in [4.69, 9.17) is 11.6 Å². The summed E-state index contributed by atoms with van der Waals surface area (Å²) in [5.41, 5.74) is 2.34. The second-order valence-corrected chi connectivity index (χ2v) is 9.24. The van der Waals surface area contributed by atoms with Crippen LogP contribution in [-0.4, -0.2) is 35.0 Å². The molecule has 1 saturated carbocycles. The Labute approximate surface area is 194 Å². The molecule has 0 heterocycles. The van der Waals surface area contributed by atoms with Gasteiger partial charge in [0.15, 0.2) is 5.96 Å². The van der Waals surface area contributed by atoms with E-state index >= 15 is 0 Å². The third-order valence-corrected chi connectivity index (χ3v) is 6.74. The van der Waals surface area contributed by atoms with Gasteiger partial charge in [-0.15, -0.1) is 24.0 Å². The Balaban J connectivity index is 0.00000300. The number of hydrogen-bond donors (Lipinski definition) is 3. The van der Waals surface area contributed by atoms with E-state index in [1.165, 1.54) is 12.6 Å². The molecular formula is C20H26ClIN4O2S. The van der Waals surface area contributed by atoms with Crippen LogP contribution in [0.25, 0.3) is 0 Å². The number of guanidine groups is 1. The number of hydrogen-bond acceptors (Lipinski definition) is 3. The molecule has 9 heteroatoms. The molecule has 2 aromatic carbocycles. The molecule has 1 fully saturated rings. The second-order valence-electron chi connectivity index (χ2n) is 6.92. The van der Waals surface area contributed by atoms with Crippen molar-refractivity contribution in [2.24, 2.45) is 4.99 Å². The van der Waals surface area contributed by atoms with Crippen molar-refractivity contribution in [1.82, 2.24) is 15.4 Å². The van der Waals surface area contributed by atoms with Crippen LogP contribution in [0.2, 0.25) is 5.02 Å². The Morgan fingerprint density at radius 1 is 1.14 bits per heavy atom. The van der Waals surface area contributed by atoms with Gasteiger partial charge in [-0.05, 0) is 55.3 Å². The number of halogens is 2. The zero-order valence-electron chi connectivity index (χ0n) is 16.4. The summed E-state index contributed by atoms with van der Waals surface area (Å²) in [7, 11) is -0.282. The van der Waals surface area contributed by atoms with E-state index in [0.717, 1.165) is 30.0 Å². The average molecular weight is 549 g/mol. The number of nitrogens with one attached hydrogen (secondary N) is 3. The summed E-state index contributed by atoms with van der Waals surface area (Å²) in [5.74, 6) is 0.709. The standard InChI is InChI=1S/C20H25ClN4O2S.HI/c1-22-19(24-13-15-6-8-18(9-7-15)28(26,27)23-2)25-14-20(10-11-20)16-4-3-5-17(21)12-16;/h3-9,12,23H,10-11,13-14H2,1-2H3,(H2,22,24,25);1H. The minimum atomic E-state index is -3.41. The fourth-order valence-electron chi connectivity index (χ4n) is 3.10. The normalized spacial score (nSPS) is 15.3. The Morgan fingerprint density at radius 2 is 1.83 bits per heavy atom. The molecule has 3 rings (SSSR count). The lowest BCUT2D eigenvalue weighted by Gasteiger charge is -2.19. The number of aliphatic imine (C=N–C) groups is 1. The molecule has 29 heavy (non-hydrogen) atoms. The van der Waals surface area contributed by atoms with Crippen LogP contribution in [-0.2, 0) is 22.0 Å². The first-order valence-corrected chi connectivity index (χ1v) is 11.0. The molecule has 0 radical (unpaired) electrons. The molecule has 1 aliphatic carbocycles. The lowest BCUT2D eigenvalue weighted by Crippen LogP contribution is -2.40. The lowest BCUT2D eigenvalue weighted by molar-refractivity contribution is 0.588. The molecule has 0 aromatic heterocycles. The quantitative estimate of drug-likeness (QED) is 0.282. The molecule has 0 aliphatic heterocycles. The smallest absolute Gasteiger partial charge is 0.240 e. The van der Waals surface area contributed by atoms with Crippen molar-refractivity contribution in [3.8, 4) is 0 Å². The highest BCUT2D eigenvalue weighted by Gasteiger charge is 2.44. The van der Waals surface area contributed by atoms with E-state index in [-0.39, 0.29) is 34.3 Å². The minimum absolute atomic E-state index is 0. The molecule has 0 saturated heterocycles. The summed E-state index contributed by atoms with van der Waals surface area (Å²) in [5, 5.41) is 7.42. The van der Waals surface area contributed by atoms with Crippen LogP contribution >= 0.6 is 35.6 Å². The van der Waals surface area contributed by atoms with Crippen LogP contribution in [0.5, 0.6) is 0 Å². The van der Waals surface area contributed by atoms with Crippen LogP contribution in [0.3, 0.4) is 0 Å². The first-order chi connectivity index (χ1) is 13.4. The fraction of sp³-hybridized carbons (Fsp3) is 0.350. The molecular weight excluding hydrogens is 523 g/mol. The fourth-order valence-corrected chi connectivity index (χ4v) is 4.02. The average Bonchev–Trinajstić information content (AvgIpc) is 3.50. The molecule has 3 N–H and O–H groups in total. The molecule has 0 amide bonds. The van der Waals surface area contributed by atoms with Gasteiger partial charge in [0.1, 0.15) is 0 Å². The SMILES string of the molecule is CN=C(NCc1ccc(S(=O)(=O)NC)cc1)NCC1(c2cccc(Cl)c2)CC1.I. The van der Waals surface area contributed by atoms with Gasteiger partial charge >= 0.3 is 0 Å². The number of nitrogens with zero attached hydrogens (tertiary/aromatic N) is 1. The Hall–Kier alpha value is -1.36. The van der Waals surface area contributed by atoms with Crippen molar-refractivity contribution >= 4 is 51.6 Å². The zero-order valence-corrected chi connectivity index (χ0v) is 20.3. The summed E-state index contributed by atoms with van der Waals surface area (Å²) in [6.07, 6.45) is 2.25. The van der Waals surface area contributed by atoms with Crippen LogP contribution in [0.15, 0.2) is 58.4 Å². The van der Waals surface area contributed by atoms with Gasteiger partial charge in [-0.2, -0.15) is 0 Å². The molecule has 0 spiro atoms. The number of rotatable bonds is 7. The van der Waals surface area contributed by atoms with E-state index in [1.807, 2.05) is 18.2 Å². The highest BCUT2D eigenvalue weighted by atomic mass is 127. The third-order valence-electron chi connectivity index (χ3n) is 5.07. The van der Waals surface area contributed by atoms with Gasteiger partial charge in [0.2, 0.25) is 10.0 Å². The predicted molar refractivity (Wildman–Crippen MR) is 129 cm³/mol. The lowest BCUT2D eigenvalue weighted by atomic mass is 9.96. The maximum absolute atomic E-state index is 11.8. The van der Waals surface area contributed by atoms with Crippen molar-refractivity contribution in [3.63, 3.8) is 0 Å². The van der Waals surface area contributed by atoms with Crippen LogP contribution in [0.4, 0.5) is 0 Å². The predicted octanol–water partition coefficient (Wildman–Crippen LogP) is 3.26. The van der Waals surface area contributed by atoms with E-state index in [0.29, 0.717) is 12.5 Å². The molecule has 0 unspecified atom stereocenters. The third kappa shape index (κ3) is 6.07. The summed E-state index contributed by atoms with van der Waals surface area (Å²) in [6, 6.07) is 14.8. The van der Waals surface area contributed by atoms with Gasteiger partial charge in [-0.3, -0.25) is 4.99 Å². The highest BCUT2D eigenvalue weighted by Crippen LogP contribution is 2.48. The van der Waals surface area contributed by atoms with Crippen molar-refractivity contribution < 1.29 is 8.42 Å². The Morgan fingerprint density at radius 3 is 2.38 bits per heavy atom. The Kier molecular flexibility index (Phi) is 8.33. The molecule has 2 aromatic rings. The maximum atomic E-state index is 11.8. The van der Waals surface area contributed by atoms with Crippen LogP contribution in [0.1, 0.15) is 24.0 Å². The summed E-state index contributed by atoms with van der Waals surface area (Å²) in [4.78, 5) is 4.53.